The van der Waals surface area contributed by atoms with Gasteiger partial charge in [-0.05, 0) is 57.4 Å². The van der Waals surface area contributed by atoms with Gasteiger partial charge >= 0.3 is 12.2 Å². The highest BCUT2D eigenvalue weighted by Gasteiger charge is 2.41. The van der Waals surface area contributed by atoms with Crippen LogP contribution in [-0.4, -0.2) is 70.8 Å². The van der Waals surface area contributed by atoms with Crippen molar-refractivity contribution in [3.8, 4) is 17.1 Å². The first-order valence-corrected chi connectivity index (χ1v) is 15.4. The second-order valence-electron chi connectivity index (χ2n) is 12.7. The van der Waals surface area contributed by atoms with E-state index >= 15 is 4.39 Å². The van der Waals surface area contributed by atoms with Crippen molar-refractivity contribution in [1.82, 2.24) is 25.2 Å². The molecule has 5 heterocycles. The quantitative estimate of drug-likeness (QED) is 0.265. The van der Waals surface area contributed by atoms with E-state index in [0.29, 0.717) is 19.0 Å². The van der Waals surface area contributed by atoms with Crippen molar-refractivity contribution in [2.24, 2.45) is 5.92 Å². The number of halogens is 5. The minimum atomic E-state index is -4.96. The Labute approximate surface area is 254 Å². The van der Waals surface area contributed by atoms with Crippen molar-refractivity contribution in [3.05, 3.63) is 35.4 Å². The summed E-state index contributed by atoms with van der Waals surface area (Å²) in [5, 5.41) is 3.39. The molecule has 4 atom stereocenters. The Kier molecular flexibility index (Phi) is 6.90. The van der Waals surface area contributed by atoms with Crippen LogP contribution < -0.4 is 20.7 Å². The van der Waals surface area contributed by atoms with Crippen LogP contribution in [0.2, 0.25) is 0 Å². The molecule has 0 spiro atoms. The molecule has 2 unspecified atom stereocenters. The number of nitrogens with zero attached hydrogens (tertiary/aromatic N) is 5. The van der Waals surface area contributed by atoms with Gasteiger partial charge in [0.2, 0.25) is 0 Å². The number of hydrogen-bond acceptors (Lipinski definition) is 9. The zero-order valence-electron chi connectivity index (χ0n) is 24.4. The fourth-order valence-electron chi connectivity index (χ4n) is 7.20. The first-order valence-electron chi connectivity index (χ1n) is 14.6. The van der Waals surface area contributed by atoms with E-state index in [2.05, 4.69) is 39.0 Å². The van der Waals surface area contributed by atoms with Gasteiger partial charge in [0, 0.05) is 48.2 Å². The van der Waals surface area contributed by atoms with Gasteiger partial charge in [-0.3, -0.25) is 4.90 Å². The lowest BCUT2D eigenvalue weighted by molar-refractivity contribution is -0.137. The van der Waals surface area contributed by atoms with Gasteiger partial charge < -0.3 is 20.7 Å². The number of thiazole rings is 1. The summed E-state index contributed by atoms with van der Waals surface area (Å²) in [6, 6.07) is 3.17. The minimum Gasteiger partial charge on any atom is -0.461 e. The van der Waals surface area contributed by atoms with Crippen molar-refractivity contribution < 1.29 is 26.7 Å². The molecule has 3 saturated heterocycles. The Bertz CT molecular complexity index is 1770. The normalized spacial score (nSPS) is 25.9. The van der Waals surface area contributed by atoms with Crippen LogP contribution in [0.5, 0.6) is 6.01 Å². The second-order valence-corrected chi connectivity index (χ2v) is 13.7. The predicted octanol–water partition coefficient (Wildman–Crippen LogP) is 5.84. The van der Waals surface area contributed by atoms with E-state index in [9.17, 15) is 17.6 Å². The molecule has 7 rings (SSSR count). The Morgan fingerprint density at radius 2 is 1.82 bits per heavy atom. The predicted molar refractivity (Wildman–Crippen MR) is 160 cm³/mol. The largest absolute Gasteiger partial charge is 0.461 e. The molecule has 4 aromatic rings. The van der Waals surface area contributed by atoms with Crippen molar-refractivity contribution in [2.45, 2.75) is 56.9 Å². The third-order valence-corrected chi connectivity index (χ3v) is 10.2. The van der Waals surface area contributed by atoms with Gasteiger partial charge in [0.1, 0.15) is 23.8 Å². The fraction of sp³-hybridized carbons (Fsp3) is 0.500. The number of anilines is 2. The number of hydrogen-bond donors (Lipinski definition) is 2. The number of benzene rings is 2. The van der Waals surface area contributed by atoms with Crippen LogP contribution in [0.1, 0.15) is 38.7 Å². The molecular weight excluding hydrogens is 601 g/mol. The molecule has 14 heteroatoms. The zero-order valence-corrected chi connectivity index (χ0v) is 25.3. The van der Waals surface area contributed by atoms with Gasteiger partial charge in [-0.15, -0.1) is 0 Å². The number of likely N-dealkylation sites (N-methyl/N-ethyl adjacent to an activating group) is 1. The number of likely N-dealkylation sites (tertiary alicyclic amines) is 1. The van der Waals surface area contributed by atoms with Gasteiger partial charge in [0.15, 0.2) is 10.9 Å². The summed E-state index contributed by atoms with van der Waals surface area (Å²) >= 11 is 0.785. The third-order valence-electron chi connectivity index (χ3n) is 9.30. The van der Waals surface area contributed by atoms with Crippen LogP contribution in [0.25, 0.3) is 32.2 Å². The van der Waals surface area contributed by atoms with E-state index in [1.807, 2.05) is 11.9 Å². The molecule has 2 aromatic carbocycles. The summed E-state index contributed by atoms with van der Waals surface area (Å²) in [4.78, 5) is 17.2. The zero-order chi connectivity index (χ0) is 31.1. The molecular formula is C30H32F5N7OS. The molecule has 0 amide bonds. The Morgan fingerprint density at radius 1 is 1.09 bits per heavy atom. The molecule has 234 valence electrons. The van der Waals surface area contributed by atoms with Crippen LogP contribution in [0.4, 0.5) is 32.9 Å². The molecule has 2 aromatic heterocycles. The minimum absolute atomic E-state index is 0.0468. The summed E-state index contributed by atoms with van der Waals surface area (Å²) in [5.41, 5.74) is 2.80. The van der Waals surface area contributed by atoms with E-state index in [-0.39, 0.29) is 67.9 Å². The van der Waals surface area contributed by atoms with Gasteiger partial charge in [0.05, 0.1) is 21.3 Å². The number of fused-ring (bicyclic) bond motifs is 4. The maximum absolute atomic E-state index is 16.8. The van der Waals surface area contributed by atoms with Crippen LogP contribution in [0.15, 0.2) is 18.2 Å². The average molecular weight is 634 g/mol. The molecule has 44 heavy (non-hydrogen) atoms. The van der Waals surface area contributed by atoms with Crippen LogP contribution in [0, 0.1) is 17.6 Å². The molecule has 3 N–H and O–H groups in total. The molecule has 3 fully saturated rings. The first-order chi connectivity index (χ1) is 20.8. The van der Waals surface area contributed by atoms with Gasteiger partial charge in [-0.1, -0.05) is 18.3 Å². The Hall–Kier alpha value is -3.36. The van der Waals surface area contributed by atoms with E-state index in [0.717, 1.165) is 55.3 Å². The smallest absolute Gasteiger partial charge is 0.417 e. The number of nitrogens with two attached hydrogens (primary N) is 1. The van der Waals surface area contributed by atoms with E-state index in [1.165, 1.54) is 0 Å². The number of rotatable bonds is 5. The molecule has 3 aliphatic rings. The fourth-order valence-corrected chi connectivity index (χ4v) is 7.96. The standard InChI is InChI=1S/C30H32F5N7OS/c1-14-9-29(2,41(3)10-14)13-43-28-39-23-18(26(40-28)42-11-15-4-5-16(12-42)37-15)8-19(30(33,34)35)21(22(23)32)17-6-7-20(31)25-24(17)38-27(36)44-25/h6-8,14-16,37H,4-5,9-13H2,1-3H3,(H2,36,38)/t14-,15?,16?,29-/m1/s1. The number of nitrogens with one attached hydrogen (secondary N) is 1. The number of piperazine rings is 1. The van der Waals surface area contributed by atoms with Gasteiger partial charge in [-0.25, -0.2) is 13.8 Å². The van der Waals surface area contributed by atoms with Crippen LogP contribution >= 0.6 is 11.3 Å². The maximum atomic E-state index is 16.8. The average Bonchev–Trinajstić information content (AvgIpc) is 3.60. The molecule has 0 radical (unpaired) electrons. The van der Waals surface area contributed by atoms with Gasteiger partial charge in [0.25, 0.3) is 0 Å². The topological polar surface area (TPSA) is 92.4 Å². The highest BCUT2D eigenvalue weighted by atomic mass is 32.1. The SMILES string of the molecule is C[C@H]1CN(C)[C@@](C)(COc2nc(N3CC4CCC(C3)N4)c3cc(C(F)(F)F)c(-c4ccc(F)c5sc(N)nc45)c(F)c3n2)C1. The number of alkyl halides is 3. The summed E-state index contributed by atoms with van der Waals surface area (Å²) in [6.45, 7) is 6.33. The highest BCUT2D eigenvalue weighted by Crippen LogP contribution is 2.46. The first kappa shape index (κ1) is 29.4. The highest BCUT2D eigenvalue weighted by molar-refractivity contribution is 7.22. The van der Waals surface area contributed by atoms with Crippen molar-refractivity contribution >= 4 is 43.4 Å². The van der Waals surface area contributed by atoms with E-state index < -0.39 is 28.9 Å². The lowest BCUT2D eigenvalue weighted by atomic mass is 9.95. The lowest BCUT2D eigenvalue weighted by Crippen LogP contribution is -2.51. The number of nitrogen functional groups attached to an aromatic ring is 1. The molecule has 0 aliphatic carbocycles. The van der Waals surface area contributed by atoms with E-state index in [4.69, 9.17) is 10.5 Å². The van der Waals surface area contributed by atoms with Crippen LogP contribution in [0.3, 0.4) is 0 Å². The molecule has 3 aliphatic heterocycles. The van der Waals surface area contributed by atoms with Crippen molar-refractivity contribution in [2.75, 3.05) is 43.9 Å². The third kappa shape index (κ3) is 4.91. The summed E-state index contributed by atoms with van der Waals surface area (Å²) < 4.78 is 81.7. The van der Waals surface area contributed by atoms with Crippen molar-refractivity contribution in [1.29, 1.82) is 0 Å². The lowest BCUT2D eigenvalue weighted by Gasteiger charge is -2.35. The number of ether oxygens (including phenoxy) is 1. The maximum Gasteiger partial charge on any atom is 0.417 e. The number of aromatic nitrogens is 3. The molecule has 8 nitrogen and oxygen atoms in total. The van der Waals surface area contributed by atoms with Crippen LogP contribution in [-0.2, 0) is 6.18 Å². The second kappa shape index (κ2) is 10.3. The summed E-state index contributed by atoms with van der Waals surface area (Å²) in [7, 11) is 2.01. The summed E-state index contributed by atoms with van der Waals surface area (Å²) in [5.74, 6) is -1.27. The van der Waals surface area contributed by atoms with Crippen molar-refractivity contribution in [3.63, 3.8) is 0 Å². The Balaban J connectivity index is 1.44. The monoisotopic (exact) mass is 633 g/mol. The van der Waals surface area contributed by atoms with E-state index in [1.54, 1.807) is 0 Å². The van der Waals surface area contributed by atoms with Gasteiger partial charge in [-0.2, -0.15) is 23.1 Å². The Morgan fingerprint density at radius 3 is 2.48 bits per heavy atom. The molecule has 2 bridgehead atoms. The molecule has 0 saturated carbocycles. The summed E-state index contributed by atoms with van der Waals surface area (Å²) in [6.07, 6.45) is -2.23.